The van der Waals surface area contributed by atoms with E-state index >= 15 is 0 Å². The Morgan fingerprint density at radius 3 is 2.59 bits per heavy atom. The van der Waals surface area contributed by atoms with Gasteiger partial charge in [-0.3, -0.25) is 9.59 Å². The molecule has 6 heteroatoms. The van der Waals surface area contributed by atoms with Crippen LogP contribution in [0.3, 0.4) is 0 Å². The van der Waals surface area contributed by atoms with Gasteiger partial charge >= 0.3 is 5.97 Å². The molecule has 92 valence electrons. The third kappa shape index (κ3) is 4.18. The topological polar surface area (TPSA) is 72.4 Å². The maximum atomic E-state index is 11.8. The Morgan fingerprint density at radius 2 is 2.00 bits per heavy atom. The second-order valence-corrected chi connectivity index (χ2v) is 3.41. The molecule has 1 aromatic rings. The van der Waals surface area contributed by atoms with Gasteiger partial charge in [-0.05, 0) is 6.92 Å². The van der Waals surface area contributed by atoms with E-state index in [-0.39, 0.29) is 18.3 Å². The van der Waals surface area contributed by atoms with Gasteiger partial charge in [0.1, 0.15) is 6.33 Å². The molecular weight excluding hydrogens is 222 g/mol. The fraction of sp³-hybridized carbons (Fsp3) is 0.455. The van der Waals surface area contributed by atoms with Crippen LogP contribution >= 0.6 is 0 Å². The highest BCUT2D eigenvalue weighted by Gasteiger charge is 2.13. The monoisotopic (exact) mass is 237 g/mol. The largest absolute Gasteiger partial charge is 0.466 e. The van der Waals surface area contributed by atoms with Crippen LogP contribution < -0.4 is 0 Å². The molecule has 1 heterocycles. The number of amides is 1. The van der Waals surface area contributed by atoms with Crippen molar-refractivity contribution < 1.29 is 14.3 Å². The van der Waals surface area contributed by atoms with Crippen molar-refractivity contribution in [1.82, 2.24) is 14.9 Å². The zero-order valence-electron chi connectivity index (χ0n) is 9.92. The smallest absolute Gasteiger partial charge is 0.307 e. The van der Waals surface area contributed by atoms with Gasteiger partial charge in [-0.1, -0.05) is 0 Å². The molecule has 0 aliphatic rings. The Bertz CT molecular complexity index is 381. The summed E-state index contributed by atoms with van der Waals surface area (Å²) in [5.74, 6) is -0.522. The number of aromatic nitrogens is 2. The predicted molar refractivity (Wildman–Crippen MR) is 60.2 cm³/mol. The summed E-state index contributed by atoms with van der Waals surface area (Å²) in [6.07, 6.45) is 4.42. The number of nitrogens with zero attached hydrogens (tertiary/aromatic N) is 3. The number of esters is 1. The van der Waals surface area contributed by atoms with Crippen LogP contribution in [0.25, 0.3) is 0 Å². The molecule has 17 heavy (non-hydrogen) atoms. The molecule has 1 rings (SSSR count). The molecule has 0 bridgehead atoms. The minimum absolute atomic E-state index is 0.184. The van der Waals surface area contributed by atoms with Gasteiger partial charge in [-0.15, -0.1) is 0 Å². The third-order valence-electron chi connectivity index (χ3n) is 2.11. The van der Waals surface area contributed by atoms with Crippen molar-refractivity contribution in [1.29, 1.82) is 0 Å². The molecule has 6 nitrogen and oxygen atoms in total. The van der Waals surface area contributed by atoms with E-state index in [1.54, 1.807) is 14.0 Å². The normalized spacial score (nSPS) is 9.76. The molecule has 0 aliphatic carbocycles. The molecule has 0 saturated carbocycles. The molecule has 0 radical (unpaired) electrons. The molecule has 0 N–H and O–H groups in total. The van der Waals surface area contributed by atoms with E-state index in [0.29, 0.717) is 18.7 Å². The highest BCUT2D eigenvalue weighted by Crippen LogP contribution is 2.00. The van der Waals surface area contributed by atoms with Crippen molar-refractivity contribution in [2.24, 2.45) is 0 Å². The van der Waals surface area contributed by atoms with Crippen molar-refractivity contribution >= 4 is 11.9 Å². The van der Waals surface area contributed by atoms with E-state index in [4.69, 9.17) is 4.74 Å². The second-order valence-electron chi connectivity index (χ2n) is 3.41. The Labute approximate surface area is 99.6 Å². The Morgan fingerprint density at radius 1 is 1.35 bits per heavy atom. The van der Waals surface area contributed by atoms with Gasteiger partial charge in [-0.2, -0.15) is 0 Å². The van der Waals surface area contributed by atoms with E-state index in [1.807, 2.05) is 0 Å². The number of hydrogen-bond donors (Lipinski definition) is 0. The average Bonchev–Trinajstić information content (AvgIpc) is 2.36. The number of rotatable bonds is 5. The van der Waals surface area contributed by atoms with E-state index in [2.05, 4.69) is 9.97 Å². The Kier molecular flexibility index (Phi) is 5.06. The summed E-state index contributed by atoms with van der Waals surface area (Å²) in [5.41, 5.74) is 0.402. The van der Waals surface area contributed by atoms with Gasteiger partial charge < -0.3 is 9.64 Å². The molecule has 1 aromatic heterocycles. The van der Waals surface area contributed by atoms with Gasteiger partial charge in [0.05, 0.1) is 18.6 Å². The lowest BCUT2D eigenvalue weighted by Crippen LogP contribution is -2.29. The maximum absolute atomic E-state index is 11.8. The van der Waals surface area contributed by atoms with Crippen molar-refractivity contribution in [2.75, 3.05) is 20.2 Å². The van der Waals surface area contributed by atoms with Crippen molar-refractivity contribution in [3.8, 4) is 0 Å². The van der Waals surface area contributed by atoms with E-state index < -0.39 is 0 Å². The predicted octanol–water partition coefficient (Wildman–Crippen LogP) is 0.502. The lowest BCUT2D eigenvalue weighted by atomic mass is 10.3. The second kappa shape index (κ2) is 6.57. The first-order chi connectivity index (χ1) is 8.15. The quantitative estimate of drug-likeness (QED) is 0.697. The van der Waals surface area contributed by atoms with Crippen LogP contribution in [0.15, 0.2) is 18.7 Å². The Hall–Kier alpha value is -1.98. The van der Waals surface area contributed by atoms with Gasteiger partial charge in [-0.25, -0.2) is 9.97 Å². The van der Waals surface area contributed by atoms with Crippen molar-refractivity contribution in [3.63, 3.8) is 0 Å². The summed E-state index contributed by atoms with van der Waals surface area (Å²) in [6, 6.07) is 0. The first kappa shape index (κ1) is 13.1. The third-order valence-corrected chi connectivity index (χ3v) is 2.11. The van der Waals surface area contributed by atoms with Gasteiger partial charge in [0.25, 0.3) is 5.91 Å². The van der Waals surface area contributed by atoms with Gasteiger partial charge in [0.15, 0.2) is 0 Å². The minimum atomic E-state index is -0.309. The molecule has 0 fully saturated rings. The fourth-order valence-corrected chi connectivity index (χ4v) is 1.22. The van der Waals surface area contributed by atoms with Crippen LogP contribution in [0, 0.1) is 0 Å². The SMILES string of the molecule is CCOC(=O)CCN(C)C(=O)c1cncnc1. The molecule has 0 atom stereocenters. The molecular formula is C11H15N3O3. The van der Waals surface area contributed by atoms with Crippen LogP contribution in [-0.4, -0.2) is 46.9 Å². The summed E-state index contributed by atoms with van der Waals surface area (Å²) in [4.78, 5) is 31.9. The lowest BCUT2D eigenvalue weighted by Gasteiger charge is -2.15. The fourth-order valence-electron chi connectivity index (χ4n) is 1.22. The molecule has 0 aliphatic heterocycles. The van der Waals surface area contributed by atoms with Crippen LogP contribution in [0.2, 0.25) is 0 Å². The average molecular weight is 237 g/mol. The number of ether oxygens (including phenoxy) is 1. The van der Waals surface area contributed by atoms with Crippen molar-refractivity contribution in [3.05, 3.63) is 24.3 Å². The summed E-state index contributed by atoms with van der Waals surface area (Å²) < 4.78 is 4.78. The number of hydrogen-bond acceptors (Lipinski definition) is 5. The molecule has 0 aromatic carbocycles. The van der Waals surface area contributed by atoms with Gasteiger partial charge in [0, 0.05) is 26.0 Å². The molecule has 0 spiro atoms. The molecule has 0 unspecified atom stereocenters. The zero-order chi connectivity index (χ0) is 12.7. The van der Waals surface area contributed by atoms with Crippen LogP contribution in [0.1, 0.15) is 23.7 Å². The maximum Gasteiger partial charge on any atom is 0.307 e. The standard InChI is InChI=1S/C11H15N3O3/c1-3-17-10(15)4-5-14(2)11(16)9-6-12-8-13-7-9/h6-8H,3-5H2,1-2H3. The van der Waals surface area contributed by atoms with E-state index in [9.17, 15) is 9.59 Å². The zero-order valence-corrected chi connectivity index (χ0v) is 9.92. The summed E-state index contributed by atoms with van der Waals surface area (Å²) >= 11 is 0. The minimum Gasteiger partial charge on any atom is -0.466 e. The van der Waals surface area contributed by atoms with Crippen molar-refractivity contribution in [2.45, 2.75) is 13.3 Å². The van der Waals surface area contributed by atoms with Crippen LogP contribution in [0.5, 0.6) is 0 Å². The first-order valence-electron chi connectivity index (χ1n) is 5.31. The van der Waals surface area contributed by atoms with Gasteiger partial charge in [0.2, 0.25) is 0 Å². The number of carbonyl (C=O) groups excluding carboxylic acids is 2. The highest BCUT2D eigenvalue weighted by molar-refractivity contribution is 5.93. The molecule has 1 amide bonds. The van der Waals surface area contributed by atoms with E-state index in [0.717, 1.165) is 0 Å². The summed E-state index contributed by atoms with van der Waals surface area (Å²) in [6.45, 7) is 2.41. The number of carbonyl (C=O) groups is 2. The lowest BCUT2D eigenvalue weighted by molar-refractivity contribution is -0.143. The first-order valence-corrected chi connectivity index (χ1v) is 5.31. The van der Waals surface area contributed by atoms with Crippen LogP contribution in [-0.2, 0) is 9.53 Å². The summed E-state index contributed by atoms with van der Waals surface area (Å²) in [5, 5.41) is 0. The Balaban J connectivity index is 2.45. The van der Waals surface area contributed by atoms with E-state index in [1.165, 1.54) is 23.6 Å². The van der Waals surface area contributed by atoms with Crippen LogP contribution in [0.4, 0.5) is 0 Å². The summed E-state index contributed by atoms with van der Waals surface area (Å²) in [7, 11) is 1.62. The molecule has 0 saturated heterocycles. The highest BCUT2D eigenvalue weighted by atomic mass is 16.5.